The predicted molar refractivity (Wildman–Crippen MR) is 31.7 cm³/mol. The highest BCUT2D eigenvalue weighted by Gasteiger charge is 2.15. The average Bonchev–Trinajstić information content (AvgIpc) is 1.64. The fourth-order valence-corrected chi connectivity index (χ4v) is 1.40. The summed E-state index contributed by atoms with van der Waals surface area (Å²) in [6.07, 6.45) is 0.737. The third-order valence-corrected chi connectivity index (χ3v) is 1.86. The van der Waals surface area contributed by atoms with Crippen LogP contribution in [0.2, 0.25) is 0 Å². The zero-order valence-electron chi connectivity index (χ0n) is 4.35. The monoisotopic (exact) mass is 130 g/mol. The lowest BCUT2D eigenvalue weighted by Gasteiger charge is -2.04. The van der Waals surface area contributed by atoms with E-state index in [1.165, 1.54) is 11.8 Å². The third kappa shape index (κ3) is 1.33. The molecule has 0 N–H and O–H groups in total. The van der Waals surface area contributed by atoms with Gasteiger partial charge in [0.2, 0.25) is 0 Å². The number of Topliss-reactive ketones (excluding diaryl/α,β-unsaturated/α-hetero) is 1. The Morgan fingerprint density at radius 1 is 1.38 bits per heavy atom. The van der Waals surface area contributed by atoms with Crippen LogP contribution in [-0.2, 0) is 9.59 Å². The fourth-order valence-electron chi connectivity index (χ4n) is 0.579. The van der Waals surface area contributed by atoms with Crippen LogP contribution in [0, 0.1) is 0 Å². The maximum absolute atomic E-state index is 10.4. The zero-order valence-corrected chi connectivity index (χ0v) is 5.16. The quantitative estimate of drug-likeness (QED) is 0.450. The second kappa shape index (κ2) is 2.31. The summed E-state index contributed by atoms with van der Waals surface area (Å²) in [6, 6.07) is 0. The van der Waals surface area contributed by atoms with Crippen molar-refractivity contribution in [2.45, 2.75) is 12.8 Å². The molecule has 0 radical (unpaired) electrons. The molecule has 0 aromatic heterocycles. The van der Waals surface area contributed by atoms with Crippen molar-refractivity contribution in [1.29, 1.82) is 0 Å². The molecule has 1 aliphatic heterocycles. The fraction of sp³-hybridized carbons (Fsp3) is 0.600. The van der Waals surface area contributed by atoms with E-state index in [9.17, 15) is 9.59 Å². The van der Waals surface area contributed by atoms with Gasteiger partial charge in [-0.15, -0.1) is 0 Å². The van der Waals surface area contributed by atoms with E-state index >= 15 is 0 Å². The summed E-state index contributed by atoms with van der Waals surface area (Å²) in [5, 5.41) is 0.0289. The first kappa shape index (κ1) is 5.82. The number of rotatable bonds is 0. The Bertz CT molecular complexity index is 116. The molecule has 2 nitrogen and oxygen atoms in total. The molecule has 44 valence electrons. The van der Waals surface area contributed by atoms with Gasteiger partial charge in [-0.05, 0) is 0 Å². The van der Waals surface area contributed by atoms with Gasteiger partial charge in [0.05, 0.1) is 6.42 Å². The highest BCUT2D eigenvalue weighted by molar-refractivity contribution is 8.13. The molecule has 0 saturated carbocycles. The number of hydrogen-bond donors (Lipinski definition) is 0. The first-order valence-electron chi connectivity index (χ1n) is 2.46. The molecule has 0 aromatic rings. The van der Waals surface area contributed by atoms with Gasteiger partial charge in [0, 0.05) is 12.2 Å². The van der Waals surface area contributed by atoms with Gasteiger partial charge in [-0.1, -0.05) is 11.8 Å². The lowest BCUT2D eigenvalue weighted by Crippen LogP contribution is -2.11. The third-order valence-electron chi connectivity index (χ3n) is 0.985. The Labute approximate surface area is 51.6 Å². The lowest BCUT2D eigenvalue weighted by atomic mass is 10.2. The Balaban J connectivity index is 2.45. The molecular formula is C5H6O2S. The minimum absolute atomic E-state index is 0.0289. The van der Waals surface area contributed by atoms with Gasteiger partial charge in [0.15, 0.2) is 5.12 Å². The van der Waals surface area contributed by atoms with Gasteiger partial charge in [0.25, 0.3) is 0 Å². The van der Waals surface area contributed by atoms with E-state index in [1.807, 2.05) is 0 Å². The average molecular weight is 130 g/mol. The van der Waals surface area contributed by atoms with Gasteiger partial charge in [-0.3, -0.25) is 9.59 Å². The second-order valence-corrected chi connectivity index (χ2v) is 2.84. The molecule has 3 heteroatoms. The smallest absolute Gasteiger partial charge is 0.196 e. The van der Waals surface area contributed by atoms with Crippen LogP contribution in [-0.4, -0.2) is 16.7 Å². The normalized spacial score (nSPS) is 21.5. The Hall–Kier alpha value is -0.310. The summed E-state index contributed by atoms with van der Waals surface area (Å²) in [5.41, 5.74) is 0. The molecule has 0 spiro atoms. The first-order chi connectivity index (χ1) is 3.79. The standard InChI is InChI=1S/C5H6O2S/c6-4-1-2-8-5(7)3-4/h1-3H2. The van der Waals surface area contributed by atoms with E-state index in [1.54, 1.807) is 0 Å². The Morgan fingerprint density at radius 3 is 2.50 bits per heavy atom. The first-order valence-corrected chi connectivity index (χ1v) is 3.45. The van der Waals surface area contributed by atoms with Crippen molar-refractivity contribution in [2.75, 3.05) is 5.75 Å². The van der Waals surface area contributed by atoms with Crippen LogP contribution in [0.25, 0.3) is 0 Å². The van der Waals surface area contributed by atoms with E-state index in [4.69, 9.17) is 0 Å². The maximum Gasteiger partial charge on any atom is 0.196 e. The highest BCUT2D eigenvalue weighted by atomic mass is 32.2. The molecule has 1 fully saturated rings. The molecule has 0 aromatic carbocycles. The molecule has 8 heavy (non-hydrogen) atoms. The molecule has 1 aliphatic rings. The van der Waals surface area contributed by atoms with Crippen molar-refractivity contribution in [2.24, 2.45) is 0 Å². The number of hydrogen-bond acceptors (Lipinski definition) is 3. The summed E-state index contributed by atoms with van der Waals surface area (Å²) < 4.78 is 0. The van der Waals surface area contributed by atoms with Crippen molar-refractivity contribution in [3.63, 3.8) is 0 Å². The van der Waals surface area contributed by atoms with Gasteiger partial charge >= 0.3 is 0 Å². The predicted octanol–water partition coefficient (Wildman–Crippen LogP) is 0.609. The van der Waals surface area contributed by atoms with Crippen LogP contribution >= 0.6 is 11.8 Å². The molecule has 0 atom stereocenters. The van der Waals surface area contributed by atoms with E-state index in [-0.39, 0.29) is 17.3 Å². The van der Waals surface area contributed by atoms with E-state index in [0.29, 0.717) is 12.2 Å². The van der Waals surface area contributed by atoms with Crippen LogP contribution in [0.4, 0.5) is 0 Å². The van der Waals surface area contributed by atoms with Crippen LogP contribution in [0.1, 0.15) is 12.8 Å². The number of ketones is 1. The SMILES string of the molecule is O=C1CCSC(=O)C1. The topological polar surface area (TPSA) is 34.1 Å². The molecule has 1 heterocycles. The number of carbonyl (C=O) groups excluding carboxylic acids is 2. The van der Waals surface area contributed by atoms with Crippen molar-refractivity contribution in [1.82, 2.24) is 0 Å². The number of carbonyl (C=O) groups is 2. The van der Waals surface area contributed by atoms with Gasteiger partial charge < -0.3 is 0 Å². The highest BCUT2D eigenvalue weighted by Crippen LogP contribution is 2.14. The van der Waals surface area contributed by atoms with Crippen LogP contribution in [0.15, 0.2) is 0 Å². The van der Waals surface area contributed by atoms with Crippen molar-refractivity contribution < 1.29 is 9.59 Å². The van der Waals surface area contributed by atoms with Gasteiger partial charge in [-0.25, -0.2) is 0 Å². The molecule has 1 rings (SSSR count). The molecule has 1 saturated heterocycles. The number of thioether (sulfide) groups is 1. The molecule has 0 aliphatic carbocycles. The molecule has 0 amide bonds. The minimum Gasteiger partial charge on any atom is -0.299 e. The Kier molecular flexibility index (Phi) is 1.68. The van der Waals surface area contributed by atoms with Gasteiger partial charge in [0.1, 0.15) is 5.78 Å². The van der Waals surface area contributed by atoms with Crippen LogP contribution in [0.3, 0.4) is 0 Å². The van der Waals surface area contributed by atoms with E-state index in [0.717, 1.165) is 0 Å². The summed E-state index contributed by atoms with van der Waals surface area (Å²) in [6.45, 7) is 0. The summed E-state index contributed by atoms with van der Waals surface area (Å²) in [7, 11) is 0. The van der Waals surface area contributed by atoms with Crippen molar-refractivity contribution in [3.8, 4) is 0 Å². The Morgan fingerprint density at radius 2 is 2.12 bits per heavy atom. The van der Waals surface area contributed by atoms with Crippen molar-refractivity contribution in [3.05, 3.63) is 0 Å². The van der Waals surface area contributed by atoms with Gasteiger partial charge in [-0.2, -0.15) is 0 Å². The van der Waals surface area contributed by atoms with E-state index < -0.39 is 0 Å². The summed E-state index contributed by atoms with van der Waals surface area (Å²) in [5.74, 6) is 0.784. The maximum atomic E-state index is 10.4. The largest absolute Gasteiger partial charge is 0.299 e. The summed E-state index contributed by atoms with van der Waals surface area (Å²) in [4.78, 5) is 20.9. The van der Waals surface area contributed by atoms with Crippen LogP contribution in [0.5, 0.6) is 0 Å². The van der Waals surface area contributed by atoms with Crippen LogP contribution < -0.4 is 0 Å². The molecular weight excluding hydrogens is 124 g/mol. The minimum atomic E-state index is 0.0289. The summed E-state index contributed by atoms with van der Waals surface area (Å²) >= 11 is 1.26. The van der Waals surface area contributed by atoms with Crippen molar-refractivity contribution >= 4 is 22.7 Å². The molecule has 0 unspecified atom stereocenters. The second-order valence-electron chi connectivity index (χ2n) is 1.69. The zero-order chi connectivity index (χ0) is 5.98. The lowest BCUT2D eigenvalue weighted by molar-refractivity contribution is -0.123. The molecule has 0 bridgehead atoms. The van der Waals surface area contributed by atoms with E-state index in [2.05, 4.69) is 0 Å².